The summed E-state index contributed by atoms with van der Waals surface area (Å²) in [6.07, 6.45) is 3.45. The van der Waals surface area contributed by atoms with Crippen molar-refractivity contribution < 1.29 is 9.90 Å². The molecule has 0 aliphatic carbocycles. The van der Waals surface area contributed by atoms with Gasteiger partial charge in [0.25, 0.3) is 5.97 Å². The number of hydrogen-bond donors (Lipinski definition) is 3. The summed E-state index contributed by atoms with van der Waals surface area (Å²) in [5.74, 6) is -0.762. The molecule has 0 aliphatic rings. The van der Waals surface area contributed by atoms with E-state index in [1.807, 2.05) is 11.6 Å². The van der Waals surface area contributed by atoms with Crippen molar-refractivity contribution in [1.29, 1.82) is 5.41 Å². The Bertz CT molecular complexity index is 484. The number of hydrogen-bond acceptors (Lipinski definition) is 4. The van der Waals surface area contributed by atoms with Crippen LogP contribution >= 0.6 is 11.3 Å². The highest BCUT2D eigenvalue weighted by atomic mass is 32.1. The van der Waals surface area contributed by atoms with Crippen LogP contribution < -0.4 is 5.73 Å². The molecular weight excluding hydrogens is 216 g/mol. The van der Waals surface area contributed by atoms with Crippen molar-refractivity contribution in [1.82, 2.24) is 9.61 Å². The van der Waals surface area contributed by atoms with Crippen LogP contribution in [0.1, 0.15) is 12.5 Å². The normalized spacial score (nSPS) is 9.40. The zero-order chi connectivity index (χ0) is 11.4. The number of aliphatic carboxylic acids is 1. The van der Waals surface area contributed by atoms with Gasteiger partial charge in [0.2, 0.25) is 0 Å². The summed E-state index contributed by atoms with van der Waals surface area (Å²) in [7, 11) is 0. The predicted molar refractivity (Wildman–Crippen MR) is 57.4 cm³/mol. The second kappa shape index (κ2) is 4.56. The number of amidine groups is 1. The van der Waals surface area contributed by atoms with Crippen LogP contribution in [0.4, 0.5) is 0 Å². The molecule has 0 amide bonds. The summed E-state index contributed by atoms with van der Waals surface area (Å²) >= 11 is 1.53. The van der Waals surface area contributed by atoms with Gasteiger partial charge in [-0.1, -0.05) is 0 Å². The molecule has 0 unspecified atom stereocenters. The first-order valence-corrected chi connectivity index (χ1v) is 4.85. The van der Waals surface area contributed by atoms with Crippen molar-refractivity contribution >= 4 is 28.0 Å². The van der Waals surface area contributed by atoms with Crippen LogP contribution in [0, 0.1) is 5.41 Å². The first-order chi connectivity index (χ1) is 7.02. The molecule has 6 nitrogen and oxygen atoms in total. The highest BCUT2D eigenvalue weighted by Gasteiger charge is 2.05. The summed E-state index contributed by atoms with van der Waals surface area (Å²) in [5.41, 5.74) is 6.03. The van der Waals surface area contributed by atoms with Crippen LogP contribution in [0.5, 0.6) is 0 Å². The van der Waals surface area contributed by atoms with Crippen LogP contribution in [0.2, 0.25) is 0 Å². The van der Waals surface area contributed by atoms with Crippen molar-refractivity contribution in [2.45, 2.75) is 6.92 Å². The Morgan fingerprint density at radius 3 is 2.87 bits per heavy atom. The first-order valence-electron chi connectivity index (χ1n) is 3.97. The fourth-order valence-corrected chi connectivity index (χ4v) is 1.72. The zero-order valence-corrected chi connectivity index (χ0v) is 8.78. The van der Waals surface area contributed by atoms with Gasteiger partial charge < -0.3 is 10.8 Å². The molecule has 0 saturated heterocycles. The topological polar surface area (TPSA) is 104 Å². The van der Waals surface area contributed by atoms with E-state index >= 15 is 0 Å². The second-order valence-corrected chi connectivity index (χ2v) is 3.54. The van der Waals surface area contributed by atoms with Crippen molar-refractivity contribution in [2.75, 3.05) is 0 Å². The van der Waals surface area contributed by atoms with E-state index in [1.165, 1.54) is 11.3 Å². The molecule has 0 bridgehead atoms. The fraction of sp³-hybridized carbons (Fsp3) is 0.125. The van der Waals surface area contributed by atoms with Crippen molar-refractivity contribution in [3.63, 3.8) is 0 Å². The molecule has 0 atom stereocenters. The Kier molecular flexibility index (Phi) is 3.40. The molecule has 2 heterocycles. The molecule has 7 heteroatoms. The van der Waals surface area contributed by atoms with Gasteiger partial charge in [-0.3, -0.25) is 10.2 Å². The number of nitrogens with one attached hydrogen (secondary N) is 1. The average Bonchev–Trinajstić information content (AvgIpc) is 2.59. The number of rotatable bonds is 1. The van der Waals surface area contributed by atoms with E-state index < -0.39 is 5.97 Å². The maximum atomic E-state index is 9.00. The highest BCUT2D eigenvalue weighted by molar-refractivity contribution is 7.15. The minimum atomic E-state index is -0.833. The van der Waals surface area contributed by atoms with E-state index in [4.69, 9.17) is 21.0 Å². The van der Waals surface area contributed by atoms with Crippen LogP contribution in [0.25, 0.3) is 4.83 Å². The van der Waals surface area contributed by atoms with Gasteiger partial charge in [-0.25, -0.2) is 4.52 Å². The number of carboxylic acid groups (broad SMARTS) is 1. The summed E-state index contributed by atoms with van der Waals surface area (Å²) in [5, 5.41) is 20.5. The van der Waals surface area contributed by atoms with E-state index in [9.17, 15) is 0 Å². The lowest BCUT2D eigenvalue weighted by Crippen LogP contribution is -2.09. The third-order valence-corrected chi connectivity index (χ3v) is 2.31. The summed E-state index contributed by atoms with van der Waals surface area (Å²) in [4.78, 5) is 9.93. The molecule has 15 heavy (non-hydrogen) atoms. The Morgan fingerprint density at radius 2 is 2.33 bits per heavy atom. The molecule has 0 aliphatic heterocycles. The molecule has 2 rings (SSSR count). The Labute approximate surface area is 89.5 Å². The smallest absolute Gasteiger partial charge is 0.300 e. The largest absolute Gasteiger partial charge is 0.481 e. The van der Waals surface area contributed by atoms with Crippen LogP contribution in [-0.2, 0) is 4.79 Å². The van der Waals surface area contributed by atoms with Gasteiger partial charge in [0.15, 0.2) is 0 Å². The molecule has 0 spiro atoms. The molecular formula is C8H10N4O2S. The number of thiazole rings is 1. The second-order valence-electron chi connectivity index (χ2n) is 2.64. The maximum absolute atomic E-state index is 9.00. The van der Waals surface area contributed by atoms with E-state index in [-0.39, 0.29) is 5.84 Å². The number of nitrogens with zero attached hydrogens (tertiary/aromatic N) is 2. The monoisotopic (exact) mass is 226 g/mol. The van der Waals surface area contributed by atoms with Gasteiger partial charge in [-0.15, -0.1) is 11.3 Å². The van der Waals surface area contributed by atoms with Gasteiger partial charge in [0, 0.05) is 18.5 Å². The van der Waals surface area contributed by atoms with Gasteiger partial charge in [0.05, 0.1) is 11.8 Å². The lowest BCUT2D eigenvalue weighted by molar-refractivity contribution is -0.134. The van der Waals surface area contributed by atoms with E-state index in [0.717, 1.165) is 11.8 Å². The molecule has 0 fully saturated rings. The van der Waals surface area contributed by atoms with Crippen molar-refractivity contribution in [2.24, 2.45) is 5.73 Å². The quantitative estimate of drug-likeness (QED) is 0.493. The number of carboxylic acids is 1. The van der Waals surface area contributed by atoms with Crippen molar-refractivity contribution in [3.8, 4) is 0 Å². The number of carbonyl (C=O) groups is 1. The number of nitrogen functional groups attached to an aromatic ring is 1. The first kappa shape index (κ1) is 11.2. The molecule has 0 aromatic carbocycles. The minimum Gasteiger partial charge on any atom is -0.481 e. The summed E-state index contributed by atoms with van der Waals surface area (Å²) in [6, 6.07) is 0. The third-order valence-electron chi connectivity index (χ3n) is 1.42. The molecule has 0 saturated carbocycles. The van der Waals surface area contributed by atoms with Crippen LogP contribution in [0.3, 0.4) is 0 Å². The predicted octanol–water partition coefficient (Wildman–Crippen LogP) is 0.771. The summed E-state index contributed by atoms with van der Waals surface area (Å²) < 4.78 is 1.71. The van der Waals surface area contributed by atoms with Gasteiger partial charge >= 0.3 is 0 Å². The van der Waals surface area contributed by atoms with Crippen LogP contribution in [0.15, 0.2) is 17.8 Å². The number of fused-ring (bicyclic) bond motifs is 1. The van der Waals surface area contributed by atoms with Gasteiger partial charge in [-0.2, -0.15) is 5.10 Å². The fourth-order valence-electron chi connectivity index (χ4n) is 0.912. The zero-order valence-electron chi connectivity index (χ0n) is 7.97. The lowest BCUT2D eigenvalue weighted by atomic mass is 10.3. The molecule has 2 aromatic rings. The van der Waals surface area contributed by atoms with Gasteiger partial charge in [-0.05, 0) is 0 Å². The molecule has 2 aromatic heterocycles. The van der Waals surface area contributed by atoms with Crippen LogP contribution in [-0.4, -0.2) is 26.5 Å². The molecule has 80 valence electrons. The molecule has 0 radical (unpaired) electrons. The Hall–Kier alpha value is -1.89. The lowest BCUT2D eigenvalue weighted by Gasteiger charge is -1.87. The summed E-state index contributed by atoms with van der Waals surface area (Å²) in [6.45, 7) is 1.08. The van der Waals surface area contributed by atoms with Crippen molar-refractivity contribution in [3.05, 3.63) is 23.3 Å². The Balaban J connectivity index is 0.000000245. The van der Waals surface area contributed by atoms with Gasteiger partial charge in [0.1, 0.15) is 10.7 Å². The minimum absolute atomic E-state index is 0.0717. The number of nitrogens with two attached hydrogens (primary N) is 1. The van der Waals surface area contributed by atoms with E-state index in [0.29, 0.717) is 5.56 Å². The highest BCUT2D eigenvalue weighted by Crippen LogP contribution is 2.15. The standard InChI is InChI=1S/C6H6N4S.C2H4O2/c7-5(8)4-3-9-10-1-2-11-6(4)10;1-2(3)4/h1-3H,(H3,7,8);1H3,(H,3,4). The third kappa shape index (κ3) is 2.78. The Morgan fingerprint density at radius 1 is 1.73 bits per heavy atom. The van der Waals surface area contributed by atoms with E-state index in [1.54, 1.807) is 10.7 Å². The molecule has 4 N–H and O–H groups in total. The maximum Gasteiger partial charge on any atom is 0.300 e. The average molecular weight is 226 g/mol. The SMILES string of the molecule is CC(=O)O.N=C(N)c1cnn2ccsc12. The number of aromatic nitrogens is 2. The van der Waals surface area contributed by atoms with E-state index in [2.05, 4.69) is 5.10 Å².